The molecule has 2 unspecified atom stereocenters. The summed E-state index contributed by atoms with van der Waals surface area (Å²) >= 11 is 0. The molecule has 1 saturated carbocycles. The topological polar surface area (TPSA) is 55.8 Å². The Kier molecular flexibility index (Phi) is 6.69. The lowest BCUT2D eigenvalue weighted by molar-refractivity contribution is -0.141. The van der Waals surface area contributed by atoms with E-state index in [1.165, 1.54) is 5.56 Å². The maximum absolute atomic E-state index is 11.6. The van der Waals surface area contributed by atoms with Crippen LogP contribution in [0.5, 0.6) is 0 Å². The highest BCUT2D eigenvalue weighted by Crippen LogP contribution is 2.44. The van der Waals surface area contributed by atoms with Crippen LogP contribution in [-0.4, -0.2) is 35.7 Å². The lowest BCUT2D eigenvalue weighted by atomic mass is 9.91. The first kappa shape index (κ1) is 19.0. The monoisotopic (exact) mass is 378 g/mol. The van der Waals surface area contributed by atoms with Crippen LogP contribution in [-0.2, 0) is 20.6 Å². The minimum atomic E-state index is -0.499. The number of aryl methyl sites for hydroxylation is 1. The maximum atomic E-state index is 11.6. The third kappa shape index (κ3) is 5.14. The third-order valence-electron chi connectivity index (χ3n) is 5.01. The van der Waals surface area contributed by atoms with Gasteiger partial charge in [-0.15, -0.1) is 18.2 Å². The minimum absolute atomic E-state index is 0.0145. The van der Waals surface area contributed by atoms with Gasteiger partial charge in [0.25, 0.3) is 0 Å². The van der Waals surface area contributed by atoms with E-state index in [9.17, 15) is 9.90 Å². The molecule has 1 aliphatic heterocycles. The quantitative estimate of drug-likeness (QED) is 0.343. The molecule has 0 amide bonds. The first-order valence-corrected chi connectivity index (χ1v) is 10.1. The molecule has 1 saturated heterocycles. The molecule has 134 valence electrons. The van der Waals surface area contributed by atoms with E-state index in [1.54, 1.807) is 0 Å². The molecule has 4 nitrogen and oxygen atoms in total. The zero-order valence-corrected chi connectivity index (χ0v) is 16.5. The SMILES string of the molecule is O=C1C[C@@H]2[C@@H](/C=C/[C@@H](O)CCc3ccccc3)[C@H](OB(P)P)C[C@@H]2O1. The highest BCUT2D eigenvalue weighted by molar-refractivity contribution is 7.92. The second-order valence-electron chi connectivity index (χ2n) is 6.83. The van der Waals surface area contributed by atoms with Gasteiger partial charge in [0.1, 0.15) is 6.10 Å². The highest BCUT2D eigenvalue weighted by atomic mass is 31.1. The molecule has 0 radical (unpaired) electrons. The third-order valence-corrected chi connectivity index (χ3v) is 5.32. The standard InChI is InChI=1S/C18H25BO4P2/c20-13(7-6-12-4-2-1-3-5-12)8-9-14-15-10-18(21)22-16(15)11-17(14)23-19(24)25/h1-5,8-9,13-17,20H,6-7,10-11,24-25H2/b9-8+/t13-,14+,15+,16-,17+/m0/s1. The molecule has 1 heterocycles. The predicted molar refractivity (Wildman–Crippen MR) is 106 cm³/mol. The fourth-order valence-corrected chi connectivity index (χ4v) is 4.23. The van der Waals surface area contributed by atoms with Crippen molar-refractivity contribution in [1.82, 2.24) is 0 Å². The average Bonchev–Trinajstić information content (AvgIpc) is 3.07. The van der Waals surface area contributed by atoms with Crippen molar-refractivity contribution in [3.8, 4) is 0 Å². The Balaban J connectivity index is 1.59. The molecule has 2 fully saturated rings. The molecule has 0 bridgehead atoms. The zero-order chi connectivity index (χ0) is 17.8. The summed E-state index contributed by atoms with van der Waals surface area (Å²) in [6, 6.07) is 10.2. The molecular weight excluding hydrogens is 353 g/mol. The Hall–Kier alpha value is -0.725. The van der Waals surface area contributed by atoms with E-state index in [1.807, 2.05) is 30.4 Å². The summed E-state index contributed by atoms with van der Waals surface area (Å²) in [5, 5.41) is 10.3. The van der Waals surface area contributed by atoms with Crippen LogP contribution in [0.15, 0.2) is 42.5 Å². The van der Waals surface area contributed by atoms with E-state index >= 15 is 0 Å². The van der Waals surface area contributed by atoms with Crippen molar-refractivity contribution in [3.05, 3.63) is 48.0 Å². The van der Waals surface area contributed by atoms with Crippen LogP contribution in [0.4, 0.5) is 0 Å². The Labute approximate surface area is 154 Å². The average molecular weight is 378 g/mol. The van der Waals surface area contributed by atoms with Crippen LogP contribution in [0.1, 0.15) is 24.8 Å². The van der Waals surface area contributed by atoms with Gasteiger partial charge in [-0.3, -0.25) is 4.79 Å². The van der Waals surface area contributed by atoms with Gasteiger partial charge in [-0.05, 0) is 18.4 Å². The number of rotatable bonds is 7. The van der Waals surface area contributed by atoms with Crippen molar-refractivity contribution in [2.45, 2.75) is 44.0 Å². The molecule has 7 atom stereocenters. The first-order valence-electron chi connectivity index (χ1n) is 8.79. The number of esters is 1. The highest BCUT2D eigenvalue weighted by Gasteiger charge is 2.49. The molecule has 0 spiro atoms. The van der Waals surface area contributed by atoms with Crippen LogP contribution in [0.2, 0.25) is 0 Å². The Morgan fingerprint density at radius 1 is 1.36 bits per heavy atom. The van der Waals surface area contributed by atoms with Gasteiger partial charge in [-0.25, -0.2) is 0 Å². The van der Waals surface area contributed by atoms with Crippen molar-refractivity contribution in [3.63, 3.8) is 0 Å². The van der Waals surface area contributed by atoms with Crippen molar-refractivity contribution >= 4 is 30.6 Å². The first-order chi connectivity index (χ1) is 12.0. The number of benzene rings is 1. The number of ether oxygens (including phenoxy) is 1. The molecular formula is C18H25BO4P2. The normalized spacial score (nSPS) is 29.6. The van der Waals surface area contributed by atoms with Gasteiger partial charge in [0, 0.05) is 18.3 Å². The van der Waals surface area contributed by atoms with Gasteiger partial charge in [-0.2, -0.15) is 0 Å². The number of hydrogen-bond donors (Lipinski definition) is 1. The summed E-state index contributed by atoms with van der Waals surface area (Å²) in [5.74, 6) is 0.139. The summed E-state index contributed by atoms with van der Waals surface area (Å²) in [7, 11) is 5.22. The van der Waals surface area contributed by atoms with Gasteiger partial charge in [0.05, 0.1) is 18.6 Å². The van der Waals surface area contributed by atoms with Crippen LogP contribution >= 0.6 is 18.2 Å². The fraction of sp³-hybridized carbons (Fsp3) is 0.500. The molecule has 3 rings (SSSR count). The van der Waals surface area contributed by atoms with Crippen LogP contribution < -0.4 is 0 Å². The van der Waals surface area contributed by atoms with E-state index in [0.29, 0.717) is 12.8 Å². The lowest BCUT2D eigenvalue weighted by Crippen LogP contribution is -2.24. The maximum Gasteiger partial charge on any atom is 0.336 e. The van der Waals surface area contributed by atoms with Gasteiger partial charge < -0.3 is 14.5 Å². The van der Waals surface area contributed by atoms with Gasteiger partial charge in [0.2, 0.25) is 0 Å². The van der Waals surface area contributed by atoms with Crippen molar-refractivity contribution in [1.29, 1.82) is 0 Å². The summed E-state index contributed by atoms with van der Waals surface area (Å²) in [6.45, 7) is 0. The molecule has 1 N–H and O–H groups in total. The van der Waals surface area contributed by atoms with E-state index < -0.39 is 6.10 Å². The van der Waals surface area contributed by atoms with Gasteiger partial charge in [0.15, 0.2) is 0 Å². The Morgan fingerprint density at radius 2 is 2.12 bits per heavy atom. The lowest BCUT2D eigenvalue weighted by Gasteiger charge is -2.22. The number of aliphatic hydroxyl groups is 1. The summed E-state index contributed by atoms with van der Waals surface area (Å²) in [6.07, 6.45) is 6.01. The van der Waals surface area contributed by atoms with E-state index in [2.05, 4.69) is 30.4 Å². The molecule has 7 heteroatoms. The van der Waals surface area contributed by atoms with Crippen molar-refractivity contribution < 1.29 is 19.3 Å². The number of carbonyl (C=O) groups excluding carboxylic acids is 1. The molecule has 2 aliphatic rings. The number of hydrogen-bond acceptors (Lipinski definition) is 4. The molecule has 25 heavy (non-hydrogen) atoms. The number of carbonyl (C=O) groups is 1. The Morgan fingerprint density at radius 3 is 2.84 bits per heavy atom. The largest absolute Gasteiger partial charge is 0.462 e. The van der Waals surface area contributed by atoms with Crippen molar-refractivity contribution in [2.75, 3.05) is 0 Å². The second-order valence-corrected chi connectivity index (χ2v) is 8.91. The van der Waals surface area contributed by atoms with Crippen LogP contribution in [0.3, 0.4) is 0 Å². The van der Waals surface area contributed by atoms with Crippen LogP contribution in [0, 0.1) is 11.8 Å². The molecule has 1 aliphatic carbocycles. The second kappa shape index (κ2) is 8.78. The molecule has 0 aromatic heterocycles. The molecule has 1 aromatic rings. The van der Waals surface area contributed by atoms with Gasteiger partial charge >= 0.3 is 12.3 Å². The van der Waals surface area contributed by atoms with E-state index in [4.69, 9.17) is 9.39 Å². The smallest absolute Gasteiger partial charge is 0.336 e. The summed E-state index contributed by atoms with van der Waals surface area (Å²) in [4.78, 5) is 11.6. The molecule has 1 aromatic carbocycles. The fourth-order valence-electron chi connectivity index (χ4n) is 3.82. The summed E-state index contributed by atoms with van der Waals surface area (Å²) < 4.78 is 11.4. The van der Waals surface area contributed by atoms with Gasteiger partial charge in [-0.1, -0.05) is 42.5 Å². The number of fused-ring (bicyclic) bond motifs is 1. The number of aliphatic hydroxyl groups excluding tert-OH is 1. The van der Waals surface area contributed by atoms with E-state index in [-0.39, 0.29) is 36.4 Å². The predicted octanol–water partition coefficient (Wildman–Crippen LogP) is 2.61. The van der Waals surface area contributed by atoms with E-state index in [0.717, 1.165) is 12.8 Å². The minimum Gasteiger partial charge on any atom is -0.462 e. The Bertz CT molecular complexity index is 610. The summed E-state index contributed by atoms with van der Waals surface area (Å²) in [5.41, 5.74) is 1.22. The van der Waals surface area contributed by atoms with Crippen molar-refractivity contribution in [2.24, 2.45) is 11.8 Å². The van der Waals surface area contributed by atoms with Crippen LogP contribution in [0.25, 0.3) is 0 Å². The zero-order valence-electron chi connectivity index (χ0n) is 14.2.